The molecule has 0 aromatic carbocycles. The first-order chi connectivity index (χ1) is 6.86. The van der Waals surface area contributed by atoms with Crippen molar-refractivity contribution in [1.29, 1.82) is 0 Å². The van der Waals surface area contributed by atoms with E-state index in [1.165, 1.54) is 12.4 Å². The Bertz CT molecular complexity index is 411. The molecule has 0 fully saturated rings. The summed E-state index contributed by atoms with van der Waals surface area (Å²) in [6.45, 7) is 0. The smallest absolute Gasteiger partial charge is 0.259 e. The van der Waals surface area contributed by atoms with Gasteiger partial charge >= 0.3 is 0 Å². The predicted octanol–water partition coefficient (Wildman–Crippen LogP) is 0.452. The first-order valence-corrected chi connectivity index (χ1v) is 3.94. The Morgan fingerprint density at radius 3 is 2.93 bits per heavy atom. The first-order valence-electron chi connectivity index (χ1n) is 3.94. The summed E-state index contributed by atoms with van der Waals surface area (Å²) < 4.78 is 0. The van der Waals surface area contributed by atoms with Crippen molar-refractivity contribution in [3.8, 4) is 0 Å². The Morgan fingerprint density at radius 2 is 2.29 bits per heavy atom. The van der Waals surface area contributed by atoms with E-state index in [1.54, 1.807) is 18.5 Å². The van der Waals surface area contributed by atoms with E-state index in [2.05, 4.69) is 25.5 Å². The molecule has 2 N–H and O–H groups in total. The molecule has 0 aliphatic carbocycles. The van der Waals surface area contributed by atoms with E-state index < -0.39 is 0 Å². The number of H-pyrrole nitrogens is 1. The fraction of sp³-hybridized carbons (Fsp3) is 0. The predicted molar refractivity (Wildman–Crippen MR) is 48.6 cm³/mol. The van der Waals surface area contributed by atoms with Crippen molar-refractivity contribution in [3.63, 3.8) is 0 Å². The van der Waals surface area contributed by atoms with Gasteiger partial charge in [-0.3, -0.25) is 10.1 Å². The van der Waals surface area contributed by atoms with E-state index in [0.717, 1.165) is 0 Å². The second kappa shape index (κ2) is 3.65. The van der Waals surface area contributed by atoms with Crippen LogP contribution in [0, 0.1) is 0 Å². The molecular weight excluding hydrogens is 182 g/mol. The maximum atomic E-state index is 11.5. The van der Waals surface area contributed by atoms with Gasteiger partial charge in [0, 0.05) is 12.4 Å². The lowest BCUT2D eigenvalue weighted by Gasteiger charge is -1.99. The largest absolute Gasteiger partial charge is 0.331 e. The highest BCUT2D eigenvalue weighted by Crippen LogP contribution is 2.00. The van der Waals surface area contributed by atoms with Gasteiger partial charge in [0.1, 0.15) is 0 Å². The lowest BCUT2D eigenvalue weighted by atomic mass is 10.3. The molecule has 2 heterocycles. The summed E-state index contributed by atoms with van der Waals surface area (Å²) in [5.41, 5.74) is 0.441. The number of imidazole rings is 1. The quantitative estimate of drug-likeness (QED) is 0.718. The third-order valence-electron chi connectivity index (χ3n) is 1.58. The average molecular weight is 189 g/mol. The second-order valence-corrected chi connectivity index (χ2v) is 2.52. The maximum Gasteiger partial charge on any atom is 0.259 e. The van der Waals surface area contributed by atoms with Crippen molar-refractivity contribution < 1.29 is 4.79 Å². The SMILES string of the molecule is O=C(Nc1ncc[nH]1)c1ccnnc1. The molecule has 0 bridgehead atoms. The average Bonchev–Trinajstić information content (AvgIpc) is 2.72. The number of hydrogen-bond acceptors (Lipinski definition) is 4. The van der Waals surface area contributed by atoms with Gasteiger partial charge in [-0.05, 0) is 6.07 Å². The van der Waals surface area contributed by atoms with Crippen molar-refractivity contribution in [3.05, 3.63) is 36.4 Å². The summed E-state index contributed by atoms with van der Waals surface area (Å²) >= 11 is 0. The van der Waals surface area contributed by atoms with Gasteiger partial charge < -0.3 is 4.98 Å². The summed E-state index contributed by atoms with van der Waals surface area (Å²) in [5, 5.41) is 9.73. The molecule has 6 heteroatoms. The van der Waals surface area contributed by atoms with Gasteiger partial charge in [-0.25, -0.2) is 4.98 Å². The van der Waals surface area contributed by atoms with Gasteiger partial charge in [0.05, 0.1) is 18.0 Å². The van der Waals surface area contributed by atoms with Gasteiger partial charge in [-0.1, -0.05) is 0 Å². The number of rotatable bonds is 2. The number of amides is 1. The Kier molecular flexibility index (Phi) is 2.18. The molecule has 6 nitrogen and oxygen atoms in total. The minimum absolute atomic E-state index is 0.269. The fourth-order valence-electron chi connectivity index (χ4n) is 0.938. The summed E-state index contributed by atoms with van der Waals surface area (Å²) in [7, 11) is 0. The Hall–Kier alpha value is -2.24. The van der Waals surface area contributed by atoms with Crippen molar-refractivity contribution in [2.45, 2.75) is 0 Å². The molecule has 0 aliphatic rings. The van der Waals surface area contributed by atoms with Crippen LogP contribution < -0.4 is 5.32 Å². The second-order valence-electron chi connectivity index (χ2n) is 2.52. The zero-order valence-corrected chi connectivity index (χ0v) is 7.14. The summed E-state index contributed by atoms with van der Waals surface area (Å²) in [6.07, 6.45) is 6.02. The minimum Gasteiger partial charge on any atom is -0.331 e. The minimum atomic E-state index is -0.269. The number of carbonyl (C=O) groups is 1. The lowest BCUT2D eigenvalue weighted by Crippen LogP contribution is -2.13. The van der Waals surface area contributed by atoms with E-state index in [-0.39, 0.29) is 5.91 Å². The van der Waals surface area contributed by atoms with Crippen molar-refractivity contribution >= 4 is 11.9 Å². The highest BCUT2D eigenvalue weighted by Gasteiger charge is 2.06. The summed E-state index contributed by atoms with van der Waals surface area (Å²) in [6, 6.07) is 1.57. The molecule has 0 radical (unpaired) electrons. The monoisotopic (exact) mass is 189 g/mol. The third-order valence-corrected chi connectivity index (χ3v) is 1.58. The van der Waals surface area contributed by atoms with E-state index in [1.807, 2.05) is 0 Å². The lowest BCUT2D eigenvalue weighted by molar-refractivity contribution is 0.102. The zero-order valence-electron chi connectivity index (χ0n) is 7.14. The van der Waals surface area contributed by atoms with Crippen molar-refractivity contribution in [2.24, 2.45) is 0 Å². The molecule has 1 amide bonds. The van der Waals surface area contributed by atoms with Crippen molar-refractivity contribution in [2.75, 3.05) is 5.32 Å². The van der Waals surface area contributed by atoms with E-state index in [0.29, 0.717) is 11.5 Å². The van der Waals surface area contributed by atoms with Crippen LogP contribution in [0.4, 0.5) is 5.95 Å². The molecule has 70 valence electrons. The summed E-state index contributed by atoms with van der Waals surface area (Å²) in [4.78, 5) is 18.1. The molecule has 2 aromatic heterocycles. The van der Waals surface area contributed by atoms with Gasteiger partial charge in [0.25, 0.3) is 5.91 Å². The van der Waals surface area contributed by atoms with Crippen LogP contribution >= 0.6 is 0 Å². The first kappa shape index (κ1) is 8.36. The Balaban J connectivity index is 2.11. The number of hydrogen-bond donors (Lipinski definition) is 2. The fourth-order valence-corrected chi connectivity index (χ4v) is 0.938. The van der Waals surface area contributed by atoms with Crippen LogP contribution in [-0.4, -0.2) is 26.1 Å². The maximum absolute atomic E-state index is 11.5. The molecule has 0 atom stereocenters. The van der Waals surface area contributed by atoms with E-state index in [9.17, 15) is 4.79 Å². The topological polar surface area (TPSA) is 83.6 Å². The van der Waals surface area contributed by atoms with Gasteiger partial charge in [-0.2, -0.15) is 10.2 Å². The molecule has 0 saturated heterocycles. The molecule has 2 aromatic rings. The van der Waals surface area contributed by atoms with Gasteiger partial charge in [-0.15, -0.1) is 0 Å². The molecule has 2 rings (SSSR count). The zero-order chi connectivity index (χ0) is 9.80. The van der Waals surface area contributed by atoms with Crippen LogP contribution in [0.1, 0.15) is 10.4 Å². The molecule has 0 spiro atoms. The van der Waals surface area contributed by atoms with Crippen LogP contribution in [-0.2, 0) is 0 Å². The van der Waals surface area contributed by atoms with Crippen molar-refractivity contribution in [1.82, 2.24) is 20.2 Å². The van der Waals surface area contributed by atoms with Crippen LogP contribution in [0.2, 0.25) is 0 Å². The summed E-state index contributed by atoms with van der Waals surface area (Å²) in [5.74, 6) is 0.140. The van der Waals surface area contributed by atoms with E-state index in [4.69, 9.17) is 0 Å². The highest BCUT2D eigenvalue weighted by atomic mass is 16.1. The van der Waals surface area contributed by atoms with Gasteiger partial charge in [0.15, 0.2) is 0 Å². The number of nitrogens with zero attached hydrogens (tertiary/aromatic N) is 3. The van der Waals surface area contributed by atoms with Crippen LogP contribution in [0.15, 0.2) is 30.9 Å². The molecule has 0 unspecified atom stereocenters. The molecular formula is C8H7N5O. The highest BCUT2D eigenvalue weighted by molar-refractivity contribution is 6.02. The third kappa shape index (κ3) is 1.74. The van der Waals surface area contributed by atoms with Crippen LogP contribution in [0.25, 0.3) is 0 Å². The molecule has 0 aliphatic heterocycles. The molecule has 14 heavy (non-hydrogen) atoms. The normalized spacial score (nSPS) is 9.71. The number of anilines is 1. The Morgan fingerprint density at radius 1 is 1.36 bits per heavy atom. The van der Waals surface area contributed by atoms with Gasteiger partial charge in [0.2, 0.25) is 5.95 Å². The van der Waals surface area contributed by atoms with Crippen LogP contribution in [0.3, 0.4) is 0 Å². The standard InChI is InChI=1S/C8H7N5O/c14-7(6-1-2-11-12-5-6)13-8-9-3-4-10-8/h1-5H,(H2,9,10,13,14). The van der Waals surface area contributed by atoms with E-state index >= 15 is 0 Å². The molecule has 0 saturated carbocycles. The number of nitrogens with one attached hydrogen (secondary N) is 2. The Labute approximate surface area is 79.4 Å². The van der Waals surface area contributed by atoms with Crippen LogP contribution in [0.5, 0.6) is 0 Å². The number of aromatic amines is 1. The number of aromatic nitrogens is 4. The number of carbonyl (C=O) groups excluding carboxylic acids is 1.